The summed E-state index contributed by atoms with van der Waals surface area (Å²) < 4.78 is 10.9. The zero-order valence-corrected chi connectivity index (χ0v) is 12.7. The minimum atomic E-state index is -0.924. The van der Waals surface area contributed by atoms with E-state index in [0.29, 0.717) is 6.42 Å². The molecule has 0 atom stereocenters. The van der Waals surface area contributed by atoms with Crippen molar-refractivity contribution in [2.75, 3.05) is 0 Å². The van der Waals surface area contributed by atoms with Gasteiger partial charge >= 0.3 is 5.97 Å². The molecule has 0 aliphatic heterocycles. The molecule has 0 aliphatic carbocycles. The lowest BCUT2D eigenvalue weighted by atomic mass is 10.2. The van der Waals surface area contributed by atoms with Crippen molar-refractivity contribution in [2.45, 2.75) is 59.2 Å². The van der Waals surface area contributed by atoms with Gasteiger partial charge in [-0.2, -0.15) is 0 Å². The number of hydrogen-bond donors (Lipinski definition) is 1. The molecular formula is C16H26O4. The molecule has 0 rings (SSSR count). The second kappa shape index (κ2) is 12.3. The van der Waals surface area contributed by atoms with Crippen LogP contribution in [-0.4, -0.2) is 17.4 Å². The zero-order valence-electron chi connectivity index (χ0n) is 12.7. The third kappa shape index (κ3) is 10.2. The van der Waals surface area contributed by atoms with E-state index in [1.54, 1.807) is 25.5 Å². The Kier molecular flexibility index (Phi) is 11.3. The first kappa shape index (κ1) is 18.3. The lowest BCUT2D eigenvalue weighted by Gasteiger charge is -2.14. The molecule has 0 radical (unpaired) electrons. The van der Waals surface area contributed by atoms with E-state index >= 15 is 0 Å². The van der Waals surface area contributed by atoms with Crippen LogP contribution in [0.1, 0.15) is 52.9 Å². The number of ether oxygens (including phenoxy) is 2. The Morgan fingerprint density at radius 1 is 1.10 bits per heavy atom. The molecule has 0 aromatic rings. The molecule has 0 spiro atoms. The van der Waals surface area contributed by atoms with Crippen molar-refractivity contribution < 1.29 is 19.4 Å². The maximum atomic E-state index is 10.7. The summed E-state index contributed by atoms with van der Waals surface area (Å²) in [5.41, 5.74) is 0.289. The van der Waals surface area contributed by atoms with Crippen molar-refractivity contribution in [1.29, 1.82) is 0 Å². The number of allylic oxidation sites excluding steroid dienone is 2. The molecule has 4 heteroatoms. The molecular weight excluding hydrogens is 256 g/mol. The van der Waals surface area contributed by atoms with Crippen molar-refractivity contribution in [3.8, 4) is 0 Å². The predicted molar refractivity (Wildman–Crippen MR) is 80.1 cm³/mol. The highest BCUT2D eigenvalue weighted by Gasteiger charge is 2.07. The molecule has 0 aliphatic rings. The van der Waals surface area contributed by atoms with Crippen LogP contribution in [0.2, 0.25) is 0 Å². The Hall–Kier alpha value is -1.71. The fourth-order valence-electron chi connectivity index (χ4n) is 1.26. The minimum absolute atomic E-state index is 0.289. The van der Waals surface area contributed by atoms with Gasteiger partial charge in [-0.25, -0.2) is 4.79 Å². The Bertz CT molecular complexity index is 324. The maximum Gasteiger partial charge on any atom is 0.330 e. The second-order valence-corrected chi connectivity index (χ2v) is 4.45. The van der Waals surface area contributed by atoms with Crippen molar-refractivity contribution in [3.05, 3.63) is 36.3 Å². The van der Waals surface area contributed by atoms with Gasteiger partial charge in [0.15, 0.2) is 0 Å². The van der Waals surface area contributed by atoms with Crippen LogP contribution in [0.3, 0.4) is 0 Å². The molecule has 0 fully saturated rings. The fourth-order valence-corrected chi connectivity index (χ4v) is 1.26. The van der Waals surface area contributed by atoms with E-state index in [-0.39, 0.29) is 5.57 Å². The van der Waals surface area contributed by atoms with Crippen molar-refractivity contribution >= 4 is 5.97 Å². The van der Waals surface area contributed by atoms with E-state index in [2.05, 4.69) is 13.8 Å². The largest absolute Gasteiger partial charge is 0.478 e. The molecule has 1 N–H and O–H groups in total. The number of unbranched alkanes of at least 4 members (excludes halogenated alkanes) is 2. The quantitative estimate of drug-likeness (QED) is 0.347. The summed E-state index contributed by atoms with van der Waals surface area (Å²) >= 11 is 0. The summed E-state index contributed by atoms with van der Waals surface area (Å²) in [4.78, 5) is 10.7. The third-order valence-corrected chi connectivity index (χ3v) is 2.52. The van der Waals surface area contributed by atoms with E-state index in [4.69, 9.17) is 14.6 Å². The molecule has 0 aromatic carbocycles. The van der Waals surface area contributed by atoms with Gasteiger partial charge in [-0.15, -0.1) is 0 Å². The molecule has 0 heterocycles. The summed E-state index contributed by atoms with van der Waals surface area (Å²) in [5.74, 6) is -0.924. The number of carbonyl (C=O) groups is 1. The van der Waals surface area contributed by atoms with Gasteiger partial charge in [0.25, 0.3) is 0 Å². The molecule has 0 saturated carbocycles. The van der Waals surface area contributed by atoms with Crippen LogP contribution < -0.4 is 0 Å². The fraction of sp³-hybridized carbons (Fsp3) is 0.562. The van der Waals surface area contributed by atoms with Gasteiger partial charge in [0, 0.05) is 12.0 Å². The first-order valence-corrected chi connectivity index (χ1v) is 7.12. The SMILES string of the molecule is CCCC=COC(CC=C(C)C(=O)O)OC=CCCC. The Labute approximate surface area is 121 Å². The van der Waals surface area contributed by atoms with Gasteiger partial charge in [-0.05, 0) is 31.9 Å². The van der Waals surface area contributed by atoms with E-state index in [1.807, 2.05) is 12.2 Å². The zero-order chi connectivity index (χ0) is 15.2. The number of carboxylic acid groups (broad SMARTS) is 1. The van der Waals surface area contributed by atoms with Crippen molar-refractivity contribution in [1.82, 2.24) is 0 Å². The molecule has 20 heavy (non-hydrogen) atoms. The van der Waals surface area contributed by atoms with Crippen LogP contribution in [0.4, 0.5) is 0 Å². The van der Waals surface area contributed by atoms with Crippen LogP contribution in [0.25, 0.3) is 0 Å². The maximum absolute atomic E-state index is 10.7. The smallest absolute Gasteiger partial charge is 0.330 e. The highest BCUT2D eigenvalue weighted by molar-refractivity contribution is 5.85. The van der Waals surface area contributed by atoms with Gasteiger partial charge in [0.2, 0.25) is 6.29 Å². The van der Waals surface area contributed by atoms with Crippen LogP contribution >= 0.6 is 0 Å². The van der Waals surface area contributed by atoms with E-state index in [9.17, 15) is 4.79 Å². The molecule has 0 bridgehead atoms. The molecule has 0 amide bonds. The predicted octanol–water partition coefficient (Wildman–Crippen LogP) is 4.39. The molecule has 114 valence electrons. The van der Waals surface area contributed by atoms with E-state index in [1.165, 1.54) is 0 Å². The summed E-state index contributed by atoms with van der Waals surface area (Å²) in [6, 6.07) is 0. The molecule has 0 unspecified atom stereocenters. The van der Waals surface area contributed by atoms with Crippen LogP contribution in [-0.2, 0) is 14.3 Å². The van der Waals surface area contributed by atoms with Crippen LogP contribution in [0.15, 0.2) is 36.3 Å². The van der Waals surface area contributed by atoms with Crippen molar-refractivity contribution in [2.24, 2.45) is 0 Å². The minimum Gasteiger partial charge on any atom is -0.478 e. The van der Waals surface area contributed by atoms with Gasteiger partial charge in [0.1, 0.15) is 0 Å². The average Bonchev–Trinajstić information content (AvgIpc) is 2.43. The monoisotopic (exact) mass is 282 g/mol. The topological polar surface area (TPSA) is 55.8 Å². The highest BCUT2D eigenvalue weighted by atomic mass is 16.7. The average molecular weight is 282 g/mol. The second-order valence-electron chi connectivity index (χ2n) is 4.45. The van der Waals surface area contributed by atoms with Crippen LogP contribution in [0.5, 0.6) is 0 Å². The Morgan fingerprint density at radius 2 is 1.60 bits per heavy atom. The van der Waals surface area contributed by atoms with Crippen LogP contribution in [0, 0.1) is 0 Å². The number of aliphatic carboxylic acids is 1. The molecule has 4 nitrogen and oxygen atoms in total. The summed E-state index contributed by atoms with van der Waals surface area (Å²) in [7, 11) is 0. The molecule has 0 saturated heterocycles. The summed E-state index contributed by atoms with van der Waals surface area (Å²) in [5, 5.41) is 8.81. The Morgan fingerprint density at radius 3 is 2.00 bits per heavy atom. The molecule has 0 aromatic heterocycles. The van der Waals surface area contributed by atoms with Gasteiger partial charge < -0.3 is 14.6 Å². The third-order valence-electron chi connectivity index (χ3n) is 2.52. The Balaban J connectivity index is 4.37. The first-order valence-electron chi connectivity index (χ1n) is 7.12. The standard InChI is InChI=1S/C16H26O4/c1-4-6-8-12-19-15(20-13-9-7-5-2)11-10-14(3)16(17)18/h8-10,12-13,15H,4-7,11H2,1-3H3,(H,17,18). The highest BCUT2D eigenvalue weighted by Crippen LogP contribution is 2.07. The number of hydrogen-bond acceptors (Lipinski definition) is 3. The van der Waals surface area contributed by atoms with Gasteiger partial charge in [0.05, 0.1) is 12.5 Å². The first-order chi connectivity index (χ1) is 9.61. The van der Waals surface area contributed by atoms with E-state index < -0.39 is 12.3 Å². The summed E-state index contributed by atoms with van der Waals surface area (Å²) in [6.07, 6.45) is 12.6. The lowest BCUT2D eigenvalue weighted by Crippen LogP contribution is -2.11. The summed E-state index contributed by atoms with van der Waals surface area (Å²) in [6.45, 7) is 5.73. The lowest BCUT2D eigenvalue weighted by molar-refractivity contribution is -0.132. The van der Waals surface area contributed by atoms with Gasteiger partial charge in [-0.1, -0.05) is 32.8 Å². The number of carboxylic acids is 1. The normalized spacial score (nSPS) is 13.8. The van der Waals surface area contributed by atoms with E-state index in [0.717, 1.165) is 25.7 Å². The van der Waals surface area contributed by atoms with Crippen molar-refractivity contribution in [3.63, 3.8) is 0 Å². The van der Waals surface area contributed by atoms with Gasteiger partial charge in [-0.3, -0.25) is 0 Å². The number of rotatable bonds is 11.